The minimum Gasteiger partial charge on any atom is -0.507 e. The molecule has 3 N–H and O–H groups in total. The van der Waals surface area contributed by atoms with Gasteiger partial charge >= 0.3 is 12.1 Å². The molecule has 0 radical (unpaired) electrons. The molecule has 0 aliphatic heterocycles. The van der Waals surface area contributed by atoms with Crippen molar-refractivity contribution in [3.05, 3.63) is 23.3 Å². The molecule has 0 saturated heterocycles. The monoisotopic (exact) mass is 404 g/mol. The highest BCUT2D eigenvalue weighted by atomic mass is 19.4. The third-order valence-electron chi connectivity index (χ3n) is 4.47. The SMILES string of the molecule is CCCc1c(OCCCCN(C)C(C)C(=O)O)ccc(C(=N)C(F)(F)F)c1O. The Kier molecular flexibility index (Phi) is 8.74. The smallest absolute Gasteiger partial charge is 0.433 e. The third-order valence-corrected chi connectivity index (χ3v) is 4.47. The van der Waals surface area contributed by atoms with E-state index in [-0.39, 0.29) is 12.2 Å². The summed E-state index contributed by atoms with van der Waals surface area (Å²) in [6.45, 7) is 4.26. The number of ether oxygens (including phenoxy) is 1. The van der Waals surface area contributed by atoms with Gasteiger partial charge in [-0.1, -0.05) is 13.3 Å². The second kappa shape index (κ2) is 10.3. The van der Waals surface area contributed by atoms with Crippen LogP contribution in [-0.4, -0.2) is 59.2 Å². The van der Waals surface area contributed by atoms with Gasteiger partial charge in [0.1, 0.15) is 23.3 Å². The average Bonchev–Trinajstić information content (AvgIpc) is 2.61. The maximum absolute atomic E-state index is 12.8. The Morgan fingerprint density at radius 2 is 1.96 bits per heavy atom. The Balaban J connectivity index is 2.74. The molecule has 0 saturated carbocycles. The number of likely N-dealkylation sites (N-methyl/N-ethyl adjacent to an activating group) is 1. The standard InChI is InChI=1S/C19H27F3N2O4/c1-4-7-13-15(9-8-14(16(13)25)17(23)19(20,21)22)28-11-6-5-10-24(3)12(2)18(26)27/h8-9,12,23,25H,4-7,10-11H2,1-3H3,(H,26,27). The highest BCUT2D eigenvalue weighted by Gasteiger charge is 2.37. The topological polar surface area (TPSA) is 93.9 Å². The molecule has 158 valence electrons. The molecular weight excluding hydrogens is 377 g/mol. The predicted molar refractivity (Wildman–Crippen MR) is 99.4 cm³/mol. The number of nitrogens with zero attached hydrogens (tertiary/aromatic N) is 1. The van der Waals surface area contributed by atoms with Crippen LogP contribution in [0.3, 0.4) is 0 Å². The second-order valence-corrected chi connectivity index (χ2v) is 6.61. The fraction of sp³-hybridized carbons (Fsp3) is 0.579. The molecular formula is C19H27F3N2O4. The molecule has 0 spiro atoms. The normalized spacial score (nSPS) is 12.8. The number of aromatic hydroxyl groups is 1. The molecule has 9 heteroatoms. The minimum absolute atomic E-state index is 0.255. The number of carboxylic acid groups (broad SMARTS) is 1. The molecule has 0 fully saturated rings. The number of rotatable bonds is 11. The summed E-state index contributed by atoms with van der Waals surface area (Å²) in [5, 5.41) is 26.4. The molecule has 28 heavy (non-hydrogen) atoms. The van der Waals surface area contributed by atoms with E-state index in [9.17, 15) is 23.1 Å². The van der Waals surface area contributed by atoms with Gasteiger partial charge in [-0.2, -0.15) is 13.2 Å². The van der Waals surface area contributed by atoms with Gasteiger partial charge in [-0.05, 0) is 51.9 Å². The van der Waals surface area contributed by atoms with E-state index in [0.29, 0.717) is 38.0 Å². The highest BCUT2D eigenvalue weighted by molar-refractivity contribution is 6.04. The van der Waals surface area contributed by atoms with Crippen LogP contribution in [0.2, 0.25) is 0 Å². The van der Waals surface area contributed by atoms with Crippen molar-refractivity contribution in [3.63, 3.8) is 0 Å². The quantitative estimate of drug-likeness (QED) is 0.385. The lowest BCUT2D eigenvalue weighted by atomic mass is 10.00. The van der Waals surface area contributed by atoms with E-state index >= 15 is 0 Å². The average molecular weight is 404 g/mol. The molecule has 1 aromatic carbocycles. The van der Waals surface area contributed by atoms with E-state index in [0.717, 1.165) is 6.07 Å². The van der Waals surface area contributed by atoms with Gasteiger partial charge < -0.3 is 14.9 Å². The number of carboxylic acids is 1. The summed E-state index contributed by atoms with van der Waals surface area (Å²) >= 11 is 0. The number of halogens is 3. The summed E-state index contributed by atoms with van der Waals surface area (Å²) in [4.78, 5) is 12.6. The molecule has 1 aromatic rings. The molecule has 0 aromatic heterocycles. The Morgan fingerprint density at radius 3 is 2.50 bits per heavy atom. The first-order valence-corrected chi connectivity index (χ1v) is 9.07. The zero-order valence-electron chi connectivity index (χ0n) is 16.3. The second-order valence-electron chi connectivity index (χ2n) is 6.61. The van der Waals surface area contributed by atoms with Crippen molar-refractivity contribution in [1.82, 2.24) is 4.90 Å². The predicted octanol–water partition coefficient (Wildman–Crippen LogP) is 3.84. The van der Waals surface area contributed by atoms with E-state index in [1.807, 2.05) is 6.92 Å². The Hall–Kier alpha value is -2.29. The van der Waals surface area contributed by atoms with Crippen molar-refractivity contribution in [2.24, 2.45) is 0 Å². The van der Waals surface area contributed by atoms with E-state index in [4.69, 9.17) is 15.3 Å². The van der Waals surface area contributed by atoms with Gasteiger partial charge in [0, 0.05) is 11.1 Å². The summed E-state index contributed by atoms with van der Waals surface area (Å²) in [6, 6.07) is 1.80. The first-order chi connectivity index (χ1) is 13.0. The number of hydrogen-bond acceptors (Lipinski definition) is 5. The van der Waals surface area contributed by atoms with Gasteiger partial charge in [0.2, 0.25) is 0 Å². The lowest BCUT2D eigenvalue weighted by Crippen LogP contribution is -2.36. The number of nitrogens with one attached hydrogen (secondary N) is 1. The molecule has 0 amide bonds. The van der Waals surface area contributed by atoms with E-state index in [1.54, 1.807) is 18.9 Å². The van der Waals surface area contributed by atoms with Gasteiger partial charge in [0.15, 0.2) is 0 Å². The van der Waals surface area contributed by atoms with Crippen LogP contribution >= 0.6 is 0 Å². The summed E-state index contributed by atoms with van der Waals surface area (Å²) in [6.07, 6.45) is -2.64. The molecule has 0 aliphatic carbocycles. The van der Waals surface area contributed by atoms with E-state index < -0.39 is 35.2 Å². The van der Waals surface area contributed by atoms with Crippen LogP contribution in [-0.2, 0) is 11.2 Å². The number of unbranched alkanes of at least 4 members (excludes halogenated alkanes) is 1. The van der Waals surface area contributed by atoms with Crippen molar-refractivity contribution < 1.29 is 32.9 Å². The molecule has 1 rings (SSSR count). The lowest BCUT2D eigenvalue weighted by Gasteiger charge is -2.21. The molecule has 0 heterocycles. The number of aliphatic carboxylic acids is 1. The molecule has 1 atom stereocenters. The van der Waals surface area contributed by atoms with Crippen LogP contribution in [0.5, 0.6) is 11.5 Å². The van der Waals surface area contributed by atoms with Crippen LogP contribution < -0.4 is 4.74 Å². The number of alkyl halides is 3. The summed E-state index contributed by atoms with van der Waals surface area (Å²) < 4.78 is 44.0. The Labute approximate surface area is 162 Å². The van der Waals surface area contributed by atoms with Gasteiger partial charge in [-0.25, -0.2) is 0 Å². The first kappa shape index (κ1) is 23.7. The van der Waals surface area contributed by atoms with Gasteiger partial charge in [-0.15, -0.1) is 0 Å². The van der Waals surface area contributed by atoms with Crippen molar-refractivity contribution >= 4 is 11.7 Å². The summed E-state index contributed by atoms with van der Waals surface area (Å²) in [7, 11) is 1.71. The van der Waals surface area contributed by atoms with Gasteiger partial charge in [0.25, 0.3) is 0 Å². The van der Waals surface area contributed by atoms with Crippen LogP contribution in [0.4, 0.5) is 13.2 Å². The van der Waals surface area contributed by atoms with Crippen LogP contribution in [0.15, 0.2) is 12.1 Å². The maximum atomic E-state index is 12.8. The number of benzene rings is 1. The van der Waals surface area contributed by atoms with Crippen molar-refractivity contribution in [2.45, 2.75) is 51.7 Å². The van der Waals surface area contributed by atoms with Crippen LogP contribution in [0.1, 0.15) is 44.2 Å². The largest absolute Gasteiger partial charge is 0.507 e. The van der Waals surface area contributed by atoms with Crippen LogP contribution in [0.25, 0.3) is 0 Å². The fourth-order valence-electron chi connectivity index (χ4n) is 2.63. The molecule has 0 bridgehead atoms. The zero-order chi connectivity index (χ0) is 21.5. The van der Waals surface area contributed by atoms with Gasteiger partial charge in [0.05, 0.1) is 6.61 Å². The molecule has 1 unspecified atom stereocenters. The van der Waals surface area contributed by atoms with Crippen molar-refractivity contribution in [2.75, 3.05) is 20.2 Å². The van der Waals surface area contributed by atoms with E-state index in [2.05, 4.69) is 0 Å². The number of phenolic OH excluding ortho intramolecular Hbond substituents is 1. The number of phenols is 1. The van der Waals surface area contributed by atoms with Crippen molar-refractivity contribution in [1.29, 1.82) is 5.41 Å². The number of hydrogen-bond donors (Lipinski definition) is 3. The zero-order valence-corrected chi connectivity index (χ0v) is 16.3. The molecule has 0 aliphatic rings. The van der Waals surface area contributed by atoms with Crippen LogP contribution in [0, 0.1) is 5.41 Å². The summed E-state index contributed by atoms with van der Waals surface area (Å²) in [5.41, 5.74) is -1.90. The fourth-order valence-corrected chi connectivity index (χ4v) is 2.63. The molecule has 6 nitrogen and oxygen atoms in total. The summed E-state index contributed by atoms with van der Waals surface area (Å²) in [5.74, 6) is -1.18. The minimum atomic E-state index is -4.84. The Bertz CT molecular complexity index is 692. The highest BCUT2D eigenvalue weighted by Crippen LogP contribution is 2.35. The first-order valence-electron chi connectivity index (χ1n) is 9.07. The third kappa shape index (κ3) is 6.40. The van der Waals surface area contributed by atoms with Crippen molar-refractivity contribution in [3.8, 4) is 11.5 Å². The number of carbonyl (C=O) groups is 1. The Morgan fingerprint density at radius 1 is 1.32 bits per heavy atom. The lowest BCUT2D eigenvalue weighted by molar-refractivity contribution is -0.142. The van der Waals surface area contributed by atoms with E-state index in [1.165, 1.54) is 6.07 Å². The maximum Gasteiger partial charge on any atom is 0.433 e. The van der Waals surface area contributed by atoms with Gasteiger partial charge in [-0.3, -0.25) is 15.1 Å².